The normalized spacial score (nSPS) is 15.1. The van der Waals surface area contributed by atoms with Gasteiger partial charge in [0.05, 0.1) is 31.7 Å². The molecular weight excluding hydrogens is 453 g/mol. The Labute approximate surface area is 202 Å². The van der Waals surface area contributed by atoms with Crippen LogP contribution in [0.3, 0.4) is 0 Å². The van der Waals surface area contributed by atoms with Gasteiger partial charge in [-0.05, 0) is 35.9 Å². The highest BCUT2D eigenvalue weighted by atomic mass is 19.1. The molecule has 0 saturated carbocycles. The molecule has 2 aromatic carbocycles. The van der Waals surface area contributed by atoms with E-state index < -0.39 is 11.9 Å². The van der Waals surface area contributed by atoms with Gasteiger partial charge in [0, 0.05) is 25.6 Å². The molecule has 0 unspecified atom stereocenters. The van der Waals surface area contributed by atoms with E-state index in [2.05, 4.69) is 5.10 Å². The summed E-state index contributed by atoms with van der Waals surface area (Å²) in [5.41, 5.74) is 2.13. The number of hydrogen-bond donors (Lipinski definition) is 0. The number of para-hydroxylation sites is 1. The summed E-state index contributed by atoms with van der Waals surface area (Å²) in [4.78, 5) is 27.9. The summed E-state index contributed by atoms with van der Waals surface area (Å²) in [6.45, 7) is 0.220. The van der Waals surface area contributed by atoms with Gasteiger partial charge in [-0.2, -0.15) is 5.10 Å². The van der Waals surface area contributed by atoms with Crippen molar-refractivity contribution in [2.24, 2.45) is 5.10 Å². The molecule has 9 heteroatoms. The van der Waals surface area contributed by atoms with Crippen LogP contribution >= 0.6 is 0 Å². The lowest BCUT2D eigenvalue weighted by Gasteiger charge is -2.27. The Balaban J connectivity index is 1.65. The van der Waals surface area contributed by atoms with Crippen LogP contribution < -0.4 is 4.74 Å². The van der Waals surface area contributed by atoms with Crippen LogP contribution in [-0.4, -0.2) is 61.4 Å². The van der Waals surface area contributed by atoms with Gasteiger partial charge in [-0.3, -0.25) is 9.59 Å². The molecule has 3 aromatic rings. The van der Waals surface area contributed by atoms with Crippen molar-refractivity contribution in [3.8, 4) is 5.75 Å². The van der Waals surface area contributed by atoms with Crippen molar-refractivity contribution >= 4 is 17.5 Å². The van der Waals surface area contributed by atoms with Crippen LogP contribution in [0.5, 0.6) is 5.75 Å². The van der Waals surface area contributed by atoms with E-state index in [0.717, 1.165) is 5.56 Å². The number of amides is 2. The number of furan rings is 1. The average molecular weight is 480 g/mol. The summed E-state index contributed by atoms with van der Waals surface area (Å²) in [7, 11) is 3.09. The first kappa shape index (κ1) is 24.2. The molecule has 0 saturated heterocycles. The van der Waals surface area contributed by atoms with Crippen LogP contribution in [0.1, 0.15) is 34.1 Å². The van der Waals surface area contributed by atoms with Crippen molar-refractivity contribution in [1.29, 1.82) is 0 Å². The number of halogens is 1. The van der Waals surface area contributed by atoms with Gasteiger partial charge in [-0.25, -0.2) is 9.40 Å². The van der Waals surface area contributed by atoms with Gasteiger partial charge < -0.3 is 18.8 Å². The molecule has 182 valence electrons. The quantitative estimate of drug-likeness (QED) is 0.465. The van der Waals surface area contributed by atoms with Crippen molar-refractivity contribution in [3.05, 3.63) is 89.6 Å². The number of methoxy groups -OCH3 is 2. The number of ether oxygens (including phenoxy) is 2. The van der Waals surface area contributed by atoms with Gasteiger partial charge in [-0.1, -0.05) is 30.3 Å². The zero-order valence-electron chi connectivity index (χ0n) is 19.5. The molecule has 35 heavy (non-hydrogen) atoms. The summed E-state index contributed by atoms with van der Waals surface area (Å²) >= 11 is 0. The third kappa shape index (κ3) is 5.41. The lowest BCUT2D eigenvalue weighted by Crippen LogP contribution is -2.42. The van der Waals surface area contributed by atoms with E-state index in [9.17, 15) is 14.0 Å². The van der Waals surface area contributed by atoms with E-state index in [1.165, 1.54) is 35.4 Å². The summed E-state index contributed by atoms with van der Waals surface area (Å²) in [5, 5.41) is 5.99. The molecule has 8 nitrogen and oxygen atoms in total. The van der Waals surface area contributed by atoms with Crippen molar-refractivity contribution < 1.29 is 27.9 Å². The van der Waals surface area contributed by atoms with Crippen molar-refractivity contribution in [2.75, 3.05) is 33.9 Å². The Morgan fingerprint density at radius 2 is 1.89 bits per heavy atom. The summed E-state index contributed by atoms with van der Waals surface area (Å²) in [6, 6.07) is 16.1. The maximum absolute atomic E-state index is 13.6. The van der Waals surface area contributed by atoms with Gasteiger partial charge in [0.25, 0.3) is 11.8 Å². The van der Waals surface area contributed by atoms with Crippen molar-refractivity contribution in [3.63, 3.8) is 0 Å². The number of carbonyl (C=O) groups is 2. The molecule has 2 amide bonds. The zero-order valence-corrected chi connectivity index (χ0v) is 19.5. The van der Waals surface area contributed by atoms with Gasteiger partial charge in [0.2, 0.25) is 0 Å². The second-order valence-electron chi connectivity index (χ2n) is 7.95. The number of rotatable bonds is 9. The monoisotopic (exact) mass is 479 g/mol. The fourth-order valence-electron chi connectivity index (χ4n) is 3.99. The first-order chi connectivity index (χ1) is 17.0. The molecule has 1 atom stereocenters. The molecule has 1 aromatic heterocycles. The molecule has 2 heterocycles. The second kappa shape index (κ2) is 11.0. The van der Waals surface area contributed by atoms with Crippen molar-refractivity contribution in [2.45, 2.75) is 12.5 Å². The molecule has 0 N–H and O–H groups in total. The third-order valence-electron chi connectivity index (χ3n) is 5.75. The van der Waals surface area contributed by atoms with Gasteiger partial charge in [0.15, 0.2) is 5.76 Å². The minimum Gasteiger partial charge on any atom is -0.496 e. The minimum absolute atomic E-state index is 0.132. The number of hydrazone groups is 1. The fraction of sp³-hybridized carbons (Fsp3) is 0.269. The Bertz CT molecular complexity index is 1190. The summed E-state index contributed by atoms with van der Waals surface area (Å²) < 4.78 is 29.4. The molecule has 0 radical (unpaired) electrons. The molecule has 0 fully saturated rings. The summed E-state index contributed by atoms with van der Waals surface area (Å²) in [6.07, 6.45) is 1.81. The average Bonchev–Trinajstić information content (AvgIpc) is 3.57. The van der Waals surface area contributed by atoms with E-state index in [0.29, 0.717) is 23.4 Å². The number of carbonyl (C=O) groups excluding carboxylic acids is 2. The second-order valence-corrected chi connectivity index (χ2v) is 7.95. The highest BCUT2D eigenvalue weighted by Gasteiger charge is 2.36. The van der Waals surface area contributed by atoms with Gasteiger partial charge in [-0.15, -0.1) is 0 Å². The number of benzene rings is 2. The fourth-order valence-corrected chi connectivity index (χ4v) is 3.99. The van der Waals surface area contributed by atoms with Crippen molar-refractivity contribution in [1.82, 2.24) is 9.91 Å². The van der Waals surface area contributed by atoms with Gasteiger partial charge >= 0.3 is 0 Å². The summed E-state index contributed by atoms with van der Waals surface area (Å²) in [5.74, 6) is -0.405. The van der Waals surface area contributed by atoms with Crippen LogP contribution in [0.4, 0.5) is 4.39 Å². The van der Waals surface area contributed by atoms with E-state index in [1.54, 1.807) is 31.4 Å². The first-order valence-electron chi connectivity index (χ1n) is 11.1. The highest BCUT2D eigenvalue weighted by molar-refractivity contribution is 6.03. The Kier molecular flexibility index (Phi) is 7.57. The number of hydrogen-bond acceptors (Lipinski definition) is 6. The molecule has 4 rings (SSSR count). The maximum atomic E-state index is 13.6. The highest BCUT2D eigenvalue weighted by Crippen LogP contribution is 2.37. The molecule has 1 aliphatic heterocycles. The van der Waals surface area contributed by atoms with E-state index in [-0.39, 0.29) is 37.2 Å². The molecule has 0 bridgehead atoms. The zero-order chi connectivity index (χ0) is 24.8. The molecule has 0 spiro atoms. The smallest absolute Gasteiger partial charge is 0.290 e. The van der Waals surface area contributed by atoms with E-state index >= 15 is 0 Å². The van der Waals surface area contributed by atoms with Crippen LogP contribution in [0.15, 0.2) is 76.4 Å². The predicted molar refractivity (Wildman–Crippen MR) is 127 cm³/mol. The Hall–Kier alpha value is -3.98. The van der Waals surface area contributed by atoms with E-state index in [1.807, 2.05) is 24.3 Å². The minimum atomic E-state index is -0.457. The molecule has 0 aliphatic carbocycles. The van der Waals surface area contributed by atoms with E-state index in [4.69, 9.17) is 13.9 Å². The molecule has 1 aliphatic rings. The Morgan fingerprint density at radius 3 is 2.57 bits per heavy atom. The lowest BCUT2D eigenvalue weighted by molar-refractivity contribution is -0.133. The van der Waals surface area contributed by atoms with Crippen LogP contribution in [0.2, 0.25) is 0 Å². The molecular formula is C26H26FN3O5. The third-order valence-corrected chi connectivity index (χ3v) is 5.75. The standard InChI is InChI=1S/C26H26FN3O5/c1-33-15-13-29(26(32)24-8-5-14-35-24)17-25(31)30-22(20-6-3-4-7-23(20)34-2)16-21(28-30)18-9-11-19(27)12-10-18/h3-12,14,22H,13,15-17H2,1-2H3/t22-/m1/s1. The van der Waals surface area contributed by atoms with Crippen LogP contribution in [0, 0.1) is 5.82 Å². The number of nitrogens with zero attached hydrogens (tertiary/aromatic N) is 3. The predicted octanol–water partition coefficient (Wildman–Crippen LogP) is 3.89. The maximum Gasteiger partial charge on any atom is 0.290 e. The SMILES string of the molecule is COCCN(CC(=O)N1N=C(c2ccc(F)cc2)C[C@@H]1c1ccccc1OC)C(=O)c1ccco1. The Morgan fingerprint density at radius 1 is 1.11 bits per heavy atom. The first-order valence-corrected chi connectivity index (χ1v) is 11.1. The van der Waals surface area contributed by atoms with Crippen LogP contribution in [-0.2, 0) is 9.53 Å². The topological polar surface area (TPSA) is 84.6 Å². The van der Waals surface area contributed by atoms with Gasteiger partial charge in [0.1, 0.15) is 18.1 Å². The van der Waals surface area contributed by atoms with Crippen LogP contribution in [0.25, 0.3) is 0 Å². The largest absolute Gasteiger partial charge is 0.496 e. The lowest BCUT2D eigenvalue weighted by atomic mass is 9.97.